The molecule has 18 heavy (non-hydrogen) atoms. The molecule has 0 saturated carbocycles. The average molecular weight is 293 g/mol. The topological polar surface area (TPSA) is 55.0 Å². The monoisotopic (exact) mass is 292 g/mol. The van der Waals surface area contributed by atoms with Gasteiger partial charge in [0.2, 0.25) is 0 Å². The van der Waals surface area contributed by atoms with E-state index in [1.807, 2.05) is 6.07 Å². The van der Waals surface area contributed by atoms with Crippen molar-refractivity contribution in [3.8, 4) is 0 Å². The number of halogens is 2. The molecule has 0 aromatic carbocycles. The van der Waals surface area contributed by atoms with Gasteiger partial charge in [-0.25, -0.2) is 9.97 Å². The zero-order valence-corrected chi connectivity index (χ0v) is 12.3. The summed E-state index contributed by atoms with van der Waals surface area (Å²) in [5.41, 5.74) is 6.09. The van der Waals surface area contributed by atoms with Crippen LogP contribution >= 0.6 is 24.8 Å². The van der Waals surface area contributed by atoms with Crippen LogP contribution < -0.4 is 10.6 Å². The minimum absolute atomic E-state index is 0. The predicted molar refractivity (Wildman–Crippen MR) is 79.7 cm³/mol. The minimum atomic E-state index is 0. The van der Waals surface area contributed by atoms with Gasteiger partial charge >= 0.3 is 0 Å². The Bertz CT molecular complexity index is 315. The molecule has 1 fully saturated rings. The fourth-order valence-electron chi connectivity index (χ4n) is 2.36. The summed E-state index contributed by atoms with van der Waals surface area (Å²) in [6, 6.07) is 2.34. The van der Waals surface area contributed by atoms with Crippen molar-refractivity contribution >= 4 is 30.6 Å². The van der Waals surface area contributed by atoms with Crippen LogP contribution in [0.4, 0.5) is 5.82 Å². The predicted octanol–water partition coefficient (Wildman–Crippen LogP) is 2.27. The van der Waals surface area contributed by atoms with Gasteiger partial charge in [-0.05, 0) is 31.2 Å². The lowest BCUT2D eigenvalue weighted by atomic mass is 9.88. The van der Waals surface area contributed by atoms with E-state index in [-0.39, 0.29) is 24.8 Å². The van der Waals surface area contributed by atoms with Gasteiger partial charge in [0, 0.05) is 25.3 Å². The molecule has 1 aromatic rings. The smallest absolute Gasteiger partial charge is 0.131 e. The van der Waals surface area contributed by atoms with E-state index in [0.717, 1.165) is 25.3 Å². The van der Waals surface area contributed by atoms with Crippen LogP contribution in [0.5, 0.6) is 0 Å². The Balaban J connectivity index is 0.00000144. The highest BCUT2D eigenvalue weighted by Gasteiger charge is 2.23. The molecule has 1 aliphatic rings. The van der Waals surface area contributed by atoms with E-state index in [4.69, 9.17) is 5.73 Å². The molecule has 1 saturated heterocycles. The third-order valence-electron chi connectivity index (χ3n) is 3.51. The number of nitrogens with zero attached hydrogens (tertiary/aromatic N) is 3. The summed E-state index contributed by atoms with van der Waals surface area (Å²) in [5, 5.41) is 0. The van der Waals surface area contributed by atoms with Crippen LogP contribution in [0.2, 0.25) is 0 Å². The van der Waals surface area contributed by atoms with Crippen molar-refractivity contribution in [2.75, 3.05) is 18.0 Å². The lowest BCUT2D eigenvalue weighted by Gasteiger charge is -2.35. The maximum absolute atomic E-state index is 6.09. The Kier molecular flexibility index (Phi) is 8.24. The molecule has 1 aromatic heterocycles. The first-order chi connectivity index (χ1) is 7.81. The summed E-state index contributed by atoms with van der Waals surface area (Å²) in [6.07, 6.45) is 6.85. The summed E-state index contributed by atoms with van der Waals surface area (Å²) in [6.45, 7) is 4.30. The molecule has 2 N–H and O–H groups in total. The highest BCUT2D eigenvalue weighted by molar-refractivity contribution is 5.85. The maximum Gasteiger partial charge on any atom is 0.131 e. The second-order valence-corrected chi connectivity index (χ2v) is 4.46. The fourth-order valence-corrected chi connectivity index (χ4v) is 2.36. The lowest BCUT2D eigenvalue weighted by molar-refractivity contribution is 0.333. The van der Waals surface area contributed by atoms with Crippen molar-refractivity contribution in [2.24, 2.45) is 11.7 Å². The minimum Gasteiger partial charge on any atom is -0.357 e. The van der Waals surface area contributed by atoms with E-state index >= 15 is 0 Å². The summed E-state index contributed by atoms with van der Waals surface area (Å²) in [7, 11) is 0. The highest BCUT2D eigenvalue weighted by atomic mass is 35.5. The van der Waals surface area contributed by atoms with E-state index < -0.39 is 0 Å². The van der Waals surface area contributed by atoms with Crippen LogP contribution in [0, 0.1) is 5.92 Å². The maximum atomic E-state index is 6.09. The van der Waals surface area contributed by atoms with Crippen LogP contribution in [0.3, 0.4) is 0 Å². The van der Waals surface area contributed by atoms with Crippen molar-refractivity contribution in [1.29, 1.82) is 0 Å². The van der Waals surface area contributed by atoms with Crippen LogP contribution in [-0.4, -0.2) is 29.1 Å². The number of hydrogen-bond acceptors (Lipinski definition) is 4. The van der Waals surface area contributed by atoms with Gasteiger partial charge in [-0.3, -0.25) is 0 Å². The molecule has 6 heteroatoms. The van der Waals surface area contributed by atoms with Gasteiger partial charge in [-0.2, -0.15) is 0 Å². The molecule has 1 aliphatic heterocycles. The van der Waals surface area contributed by atoms with Crippen molar-refractivity contribution in [3.63, 3.8) is 0 Å². The zero-order chi connectivity index (χ0) is 11.4. The van der Waals surface area contributed by atoms with Crippen LogP contribution in [-0.2, 0) is 0 Å². The standard InChI is InChI=1S/C12H20N4.2ClH/c1-2-11(13)10-4-7-16(8-5-10)12-3-6-14-9-15-12;;/h3,6,9-11H,2,4-5,7-8,13H2,1H3;2*1H. The zero-order valence-electron chi connectivity index (χ0n) is 10.7. The molecule has 4 nitrogen and oxygen atoms in total. The first kappa shape index (κ1) is 17.4. The van der Waals surface area contributed by atoms with E-state index in [2.05, 4.69) is 21.8 Å². The second-order valence-electron chi connectivity index (χ2n) is 4.46. The molecule has 1 atom stereocenters. The Hall–Kier alpha value is -0.580. The normalized spacial score (nSPS) is 17.6. The van der Waals surface area contributed by atoms with Crippen molar-refractivity contribution in [2.45, 2.75) is 32.2 Å². The van der Waals surface area contributed by atoms with Gasteiger partial charge in [0.1, 0.15) is 12.1 Å². The molecule has 0 bridgehead atoms. The average Bonchev–Trinajstić information content (AvgIpc) is 2.39. The molecular weight excluding hydrogens is 271 g/mol. The van der Waals surface area contributed by atoms with Gasteiger partial charge in [0.05, 0.1) is 0 Å². The van der Waals surface area contributed by atoms with E-state index in [1.165, 1.54) is 12.8 Å². The lowest BCUT2D eigenvalue weighted by Crippen LogP contribution is -2.41. The van der Waals surface area contributed by atoms with Gasteiger partial charge in [-0.15, -0.1) is 24.8 Å². The first-order valence-corrected chi connectivity index (χ1v) is 6.07. The van der Waals surface area contributed by atoms with Gasteiger partial charge < -0.3 is 10.6 Å². The van der Waals surface area contributed by atoms with Crippen molar-refractivity contribution < 1.29 is 0 Å². The second kappa shape index (κ2) is 8.51. The Morgan fingerprint density at radius 2 is 2.06 bits per heavy atom. The largest absolute Gasteiger partial charge is 0.357 e. The van der Waals surface area contributed by atoms with Crippen LogP contribution in [0.1, 0.15) is 26.2 Å². The summed E-state index contributed by atoms with van der Waals surface area (Å²) in [4.78, 5) is 10.5. The molecule has 104 valence electrons. The van der Waals surface area contributed by atoms with Gasteiger partial charge in [-0.1, -0.05) is 6.92 Å². The number of piperidine rings is 1. The Labute approximate surface area is 121 Å². The van der Waals surface area contributed by atoms with E-state index in [0.29, 0.717) is 12.0 Å². The Morgan fingerprint density at radius 1 is 1.39 bits per heavy atom. The van der Waals surface area contributed by atoms with Crippen molar-refractivity contribution in [3.05, 3.63) is 18.6 Å². The van der Waals surface area contributed by atoms with Crippen molar-refractivity contribution in [1.82, 2.24) is 9.97 Å². The summed E-state index contributed by atoms with van der Waals surface area (Å²) >= 11 is 0. The molecule has 1 unspecified atom stereocenters. The quantitative estimate of drug-likeness (QED) is 0.929. The molecule has 0 amide bonds. The van der Waals surface area contributed by atoms with Crippen LogP contribution in [0.25, 0.3) is 0 Å². The Morgan fingerprint density at radius 3 is 2.56 bits per heavy atom. The first-order valence-electron chi connectivity index (χ1n) is 6.07. The number of aromatic nitrogens is 2. The number of anilines is 1. The van der Waals surface area contributed by atoms with Gasteiger partial charge in [0.15, 0.2) is 0 Å². The highest BCUT2D eigenvalue weighted by Crippen LogP contribution is 2.23. The van der Waals surface area contributed by atoms with E-state index in [1.54, 1.807) is 12.5 Å². The fraction of sp³-hybridized carbons (Fsp3) is 0.667. The molecule has 0 spiro atoms. The van der Waals surface area contributed by atoms with E-state index in [9.17, 15) is 0 Å². The third kappa shape index (κ3) is 4.26. The third-order valence-corrected chi connectivity index (χ3v) is 3.51. The number of rotatable bonds is 3. The molecule has 0 radical (unpaired) electrons. The number of nitrogens with two attached hydrogens (primary N) is 1. The SMILES string of the molecule is CCC(N)C1CCN(c2ccncn2)CC1.Cl.Cl. The van der Waals surface area contributed by atoms with Crippen LogP contribution in [0.15, 0.2) is 18.6 Å². The summed E-state index contributed by atoms with van der Waals surface area (Å²) < 4.78 is 0. The molecule has 0 aliphatic carbocycles. The molecular formula is C12H22Cl2N4. The molecule has 2 heterocycles. The summed E-state index contributed by atoms with van der Waals surface area (Å²) in [5.74, 6) is 1.72. The van der Waals surface area contributed by atoms with Gasteiger partial charge in [0.25, 0.3) is 0 Å². The molecule has 2 rings (SSSR count). The number of hydrogen-bond donors (Lipinski definition) is 1.